The summed E-state index contributed by atoms with van der Waals surface area (Å²) in [6, 6.07) is 14.1. The number of nitrogens with one attached hydrogen (secondary N) is 1. The summed E-state index contributed by atoms with van der Waals surface area (Å²) >= 11 is 5.85. The zero-order valence-corrected chi connectivity index (χ0v) is 17.0. The van der Waals surface area contributed by atoms with Crippen LogP contribution in [0.25, 0.3) is 0 Å². The molecule has 1 amide bonds. The van der Waals surface area contributed by atoms with Gasteiger partial charge >= 0.3 is 0 Å². The molecule has 0 heterocycles. The van der Waals surface area contributed by atoms with Crippen LogP contribution in [0.3, 0.4) is 0 Å². The SMILES string of the molecule is CCc1ccc(N(CC(=O)N/N=C(/C)c2ccc(Cl)cc2)S(C)(=O)=O)cc1. The second kappa shape index (κ2) is 9.01. The molecule has 0 aromatic heterocycles. The van der Waals surface area contributed by atoms with Crippen molar-refractivity contribution in [2.24, 2.45) is 5.10 Å². The van der Waals surface area contributed by atoms with E-state index < -0.39 is 15.9 Å². The van der Waals surface area contributed by atoms with Crippen molar-refractivity contribution in [3.8, 4) is 0 Å². The normalized spacial score (nSPS) is 11.9. The van der Waals surface area contributed by atoms with Crippen LogP contribution >= 0.6 is 11.6 Å². The second-order valence-electron chi connectivity index (χ2n) is 6.03. The van der Waals surface area contributed by atoms with Gasteiger partial charge in [-0.25, -0.2) is 13.8 Å². The van der Waals surface area contributed by atoms with Crippen molar-refractivity contribution in [2.75, 3.05) is 17.1 Å². The summed E-state index contributed by atoms with van der Waals surface area (Å²) in [4.78, 5) is 12.2. The molecule has 0 fully saturated rings. The summed E-state index contributed by atoms with van der Waals surface area (Å²) in [5.41, 5.74) is 5.30. The third kappa shape index (κ3) is 6.08. The first-order chi connectivity index (χ1) is 12.7. The maximum atomic E-state index is 12.2. The van der Waals surface area contributed by atoms with Gasteiger partial charge in [0, 0.05) is 5.02 Å². The van der Waals surface area contributed by atoms with E-state index in [1.165, 1.54) is 0 Å². The van der Waals surface area contributed by atoms with Gasteiger partial charge in [0.25, 0.3) is 5.91 Å². The molecule has 27 heavy (non-hydrogen) atoms. The van der Waals surface area contributed by atoms with Crippen LogP contribution in [0.15, 0.2) is 53.6 Å². The van der Waals surface area contributed by atoms with Crippen LogP contribution in [0.5, 0.6) is 0 Å². The number of hydrazone groups is 1. The van der Waals surface area contributed by atoms with E-state index in [2.05, 4.69) is 10.5 Å². The first-order valence-corrected chi connectivity index (χ1v) is 10.6. The zero-order valence-electron chi connectivity index (χ0n) is 15.4. The van der Waals surface area contributed by atoms with Crippen LogP contribution in [-0.4, -0.2) is 32.8 Å². The number of benzene rings is 2. The molecule has 0 aliphatic heterocycles. The average Bonchev–Trinajstić information content (AvgIpc) is 2.64. The highest BCUT2D eigenvalue weighted by molar-refractivity contribution is 7.92. The molecule has 6 nitrogen and oxygen atoms in total. The van der Waals surface area contributed by atoms with Crippen LogP contribution < -0.4 is 9.73 Å². The van der Waals surface area contributed by atoms with E-state index in [1.54, 1.807) is 43.3 Å². The highest BCUT2D eigenvalue weighted by Crippen LogP contribution is 2.18. The summed E-state index contributed by atoms with van der Waals surface area (Å²) in [6.45, 7) is 3.39. The molecule has 0 saturated carbocycles. The quantitative estimate of drug-likeness (QED) is 0.565. The molecule has 1 N–H and O–H groups in total. The Hall–Kier alpha value is -2.38. The van der Waals surface area contributed by atoms with Crippen molar-refractivity contribution >= 4 is 38.9 Å². The lowest BCUT2D eigenvalue weighted by atomic mass is 10.1. The monoisotopic (exact) mass is 407 g/mol. The van der Waals surface area contributed by atoms with Crippen LogP contribution in [-0.2, 0) is 21.2 Å². The second-order valence-corrected chi connectivity index (χ2v) is 8.37. The van der Waals surface area contributed by atoms with E-state index in [0.717, 1.165) is 28.1 Å². The van der Waals surface area contributed by atoms with Gasteiger partial charge in [-0.05, 0) is 48.7 Å². The first-order valence-electron chi connectivity index (χ1n) is 8.36. The summed E-state index contributed by atoms with van der Waals surface area (Å²) in [7, 11) is -3.62. The largest absolute Gasteiger partial charge is 0.271 e. The van der Waals surface area contributed by atoms with Gasteiger partial charge in [-0.15, -0.1) is 0 Å². The molecule has 144 valence electrons. The Labute approximate surface area is 164 Å². The van der Waals surface area contributed by atoms with Crippen molar-refractivity contribution < 1.29 is 13.2 Å². The summed E-state index contributed by atoms with van der Waals surface area (Å²) in [5.74, 6) is -0.534. The predicted molar refractivity (Wildman–Crippen MR) is 110 cm³/mol. The predicted octanol–water partition coefficient (Wildman–Crippen LogP) is 3.21. The number of carbonyl (C=O) groups excluding carboxylic acids is 1. The third-order valence-electron chi connectivity index (χ3n) is 3.93. The van der Waals surface area contributed by atoms with Crippen LogP contribution in [0.1, 0.15) is 25.0 Å². The minimum Gasteiger partial charge on any atom is -0.271 e. The van der Waals surface area contributed by atoms with Crippen molar-refractivity contribution in [3.63, 3.8) is 0 Å². The maximum Gasteiger partial charge on any atom is 0.260 e. The molecule has 0 atom stereocenters. The number of aryl methyl sites for hydroxylation is 1. The number of hydrogen-bond donors (Lipinski definition) is 1. The summed E-state index contributed by atoms with van der Waals surface area (Å²) in [5, 5.41) is 4.64. The lowest BCUT2D eigenvalue weighted by Crippen LogP contribution is -2.39. The van der Waals surface area contributed by atoms with E-state index >= 15 is 0 Å². The maximum absolute atomic E-state index is 12.2. The molecule has 0 bridgehead atoms. The number of carbonyl (C=O) groups is 1. The van der Waals surface area contributed by atoms with Crippen LogP contribution in [0, 0.1) is 0 Å². The molecular formula is C19H22ClN3O3S. The average molecular weight is 408 g/mol. The topological polar surface area (TPSA) is 78.8 Å². The number of nitrogens with zero attached hydrogens (tertiary/aromatic N) is 2. The molecule has 0 aliphatic carbocycles. The van der Waals surface area contributed by atoms with Gasteiger partial charge < -0.3 is 0 Å². The molecule has 0 unspecified atom stereocenters. The Morgan fingerprint density at radius 1 is 1.11 bits per heavy atom. The van der Waals surface area contributed by atoms with Crippen LogP contribution in [0.4, 0.5) is 5.69 Å². The molecule has 2 aromatic carbocycles. The Bertz CT molecular complexity index is 924. The van der Waals surface area contributed by atoms with Gasteiger partial charge in [-0.1, -0.05) is 42.8 Å². The number of anilines is 1. The van der Waals surface area contributed by atoms with Gasteiger partial charge in [0.15, 0.2) is 0 Å². The standard InChI is InChI=1S/C19H22ClN3O3S/c1-4-15-5-11-18(12-6-15)23(27(3,25)26)13-19(24)22-21-14(2)16-7-9-17(20)10-8-16/h5-12H,4,13H2,1-3H3,(H,22,24)/b21-14-. The number of rotatable bonds is 7. The number of hydrogen-bond acceptors (Lipinski definition) is 4. The molecule has 8 heteroatoms. The van der Waals surface area contributed by atoms with E-state index in [0.29, 0.717) is 16.4 Å². The van der Waals surface area contributed by atoms with Crippen molar-refractivity contribution in [1.29, 1.82) is 0 Å². The third-order valence-corrected chi connectivity index (χ3v) is 5.32. The lowest BCUT2D eigenvalue weighted by molar-refractivity contribution is -0.119. The van der Waals surface area contributed by atoms with Gasteiger partial charge in [0.2, 0.25) is 10.0 Å². The van der Waals surface area contributed by atoms with E-state index in [9.17, 15) is 13.2 Å². The molecule has 0 radical (unpaired) electrons. The first kappa shape index (κ1) is 20.9. The van der Waals surface area contributed by atoms with E-state index in [-0.39, 0.29) is 6.54 Å². The highest BCUT2D eigenvalue weighted by Gasteiger charge is 2.20. The van der Waals surface area contributed by atoms with Gasteiger partial charge in [-0.3, -0.25) is 9.10 Å². The Morgan fingerprint density at radius 2 is 1.70 bits per heavy atom. The van der Waals surface area contributed by atoms with Gasteiger partial charge in [-0.2, -0.15) is 5.10 Å². The lowest BCUT2D eigenvalue weighted by Gasteiger charge is -2.21. The summed E-state index contributed by atoms with van der Waals surface area (Å²) < 4.78 is 25.3. The number of amides is 1. The van der Waals surface area contributed by atoms with Crippen molar-refractivity contribution in [1.82, 2.24) is 5.43 Å². The molecule has 0 saturated heterocycles. The van der Waals surface area contributed by atoms with Crippen molar-refractivity contribution in [2.45, 2.75) is 20.3 Å². The molecule has 0 spiro atoms. The Kier molecular flexibility index (Phi) is 6.98. The van der Waals surface area contributed by atoms with E-state index in [1.807, 2.05) is 19.1 Å². The van der Waals surface area contributed by atoms with E-state index in [4.69, 9.17) is 11.6 Å². The fourth-order valence-electron chi connectivity index (χ4n) is 2.37. The summed E-state index contributed by atoms with van der Waals surface area (Å²) in [6.07, 6.45) is 1.91. The number of sulfonamides is 1. The van der Waals surface area contributed by atoms with Crippen LogP contribution in [0.2, 0.25) is 5.02 Å². The van der Waals surface area contributed by atoms with Gasteiger partial charge in [0.05, 0.1) is 17.7 Å². The molecule has 2 aromatic rings. The van der Waals surface area contributed by atoms with Crippen molar-refractivity contribution in [3.05, 3.63) is 64.7 Å². The minimum atomic E-state index is -3.62. The molecular weight excluding hydrogens is 386 g/mol. The fourth-order valence-corrected chi connectivity index (χ4v) is 3.35. The number of halogens is 1. The molecule has 2 rings (SSSR count). The zero-order chi connectivity index (χ0) is 20.0. The molecule has 0 aliphatic rings. The Balaban J connectivity index is 2.11. The minimum absolute atomic E-state index is 0.359. The smallest absolute Gasteiger partial charge is 0.260 e. The fraction of sp³-hybridized carbons (Fsp3) is 0.263. The Morgan fingerprint density at radius 3 is 2.22 bits per heavy atom. The highest BCUT2D eigenvalue weighted by atomic mass is 35.5. The van der Waals surface area contributed by atoms with Gasteiger partial charge in [0.1, 0.15) is 6.54 Å².